The Morgan fingerprint density at radius 2 is 1.66 bits per heavy atom. The lowest BCUT2D eigenvalue weighted by Crippen LogP contribution is -2.35. The normalized spacial score (nSPS) is 11.3. The Labute approximate surface area is 236 Å². The van der Waals surface area contributed by atoms with Crippen LogP contribution in [0.15, 0.2) is 84.7 Å². The van der Waals surface area contributed by atoms with Crippen LogP contribution in [0.5, 0.6) is 0 Å². The van der Waals surface area contributed by atoms with Crippen LogP contribution in [0.2, 0.25) is 15.1 Å². The van der Waals surface area contributed by atoms with Crippen LogP contribution < -0.4 is 10.6 Å². The predicted octanol–water partition coefficient (Wildman–Crippen LogP) is 7.19. The minimum absolute atomic E-state index is 0.0555. The molecule has 0 unspecified atom stereocenters. The highest BCUT2D eigenvalue weighted by molar-refractivity contribution is 6.36. The molecule has 2 amide bonds. The lowest BCUT2D eigenvalue weighted by atomic mass is 10.1. The molecular weight excluding hydrogens is 543 g/mol. The van der Waals surface area contributed by atoms with Gasteiger partial charge in [0.05, 0.1) is 16.3 Å². The van der Waals surface area contributed by atoms with E-state index in [0.717, 1.165) is 24.1 Å². The van der Waals surface area contributed by atoms with Gasteiger partial charge in [-0.2, -0.15) is 5.10 Å². The molecule has 1 aromatic heterocycles. The maximum absolute atomic E-state index is 13.2. The maximum atomic E-state index is 13.2. The van der Waals surface area contributed by atoms with Gasteiger partial charge in [0.2, 0.25) is 0 Å². The van der Waals surface area contributed by atoms with Crippen molar-refractivity contribution in [1.82, 2.24) is 20.4 Å². The standard InChI is InChI=1S/C29H25Cl3N4O2/c1-2-3-15-33-29(38)26(34-28(37)24-14-13-22(31)17-25(24)32)16-20-18-36(23-7-5-4-6-8-23)35-27(20)19-9-11-21(30)12-10-19/h4-14,16-18H,2-3,15H2,1H3,(H,33,38)(H,34,37)/b26-16-. The summed E-state index contributed by atoms with van der Waals surface area (Å²) < 4.78 is 1.72. The summed E-state index contributed by atoms with van der Waals surface area (Å²) in [4.78, 5) is 26.3. The van der Waals surface area contributed by atoms with Gasteiger partial charge in [-0.05, 0) is 55.0 Å². The molecular formula is C29H25Cl3N4O2. The lowest BCUT2D eigenvalue weighted by Gasteiger charge is -2.12. The number of aromatic nitrogens is 2. The van der Waals surface area contributed by atoms with E-state index in [9.17, 15) is 9.59 Å². The third-order valence-corrected chi connectivity index (χ3v) is 6.47. The first-order chi connectivity index (χ1) is 18.4. The largest absolute Gasteiger partial charge is 0.351 e. The molecule has 0 aliphatic carbocycles. The number of hydrogen-bond acceptors (Lipinski definition) is 3. The van der Waals surface area contributed by atoms with Gasteiger partial charge in [-0.3, -0.25) is 9.59 Å². The summed E-state index contributed by atoms with van der Waals surface area (Å²) in [5, 5.41) is 11.6. The van der Waals surface area contributed by atoms with Crippen molar-refractivity contribution in [3.05, 3.63) is 111 Å². The molecule has 0 saturated heterocycles. The first kappa shape index (κ1) is 27.5. The zero-order chi connectivity index (χ0) is 27.1. The Morgan fingerprint density at radius 3 is 2.34 bits per heavy atom. The average molecular weight is 568 g/mol. The van der Waals surface area contributed by atoms with E-state index in [0.29, 0.717) is 27.8 Å². The smallest absolute Gasteiger partial charge is 0.267 e. The van der Waals surface area contributed by atoms with E-state index in [4.69, 9.17) is 39.9 Å². The number of carbonyl (C=O) groups is 2. The van der Waals surface area contributed by atoms with Gasteiger partial charge in [0.25, 0.3) is 11.8 Å². The van der Waals surface area contributed by atoms with Gasteiger partial charge in [0, 0.05) is 33.9 Å². The van der Waals surface area contributed by atoms with Crippen LogP contribution in [0.4, 0.5) is 0 Å². The van der Waals surface area contributed by atoms with Crippen molar-refractivity contribution in [1.29, 1.82) is 0 Å². The van der Waals surface area contributed by atoms with Gasteiger partial charge < -0.3 is 10.6 Å². The van der Waals surface area contributed by atoms with Crippen LogP contribution in [0.3, 0.4) is 0 Å². The van der Waals surface area contributed by atoms with Gasteiger partial charge in [-0.25, -0.2) is 4.68 Å². The number of amides is 2. The fourth-order valence-corrected chi connectivity index (χ4v) is 4.31. The molecule has 0 bridgehead atoms. The molecule has 0 atom stereocenters. The monoisotopic (exact) mass is 566 g/mol. The Bertz CT molecular complexity index is 1470. The molecule has 2 N–H and O–H groups in total. The average Bonchev–Trinajstić information content (AvgIpc) is 3.33. The molecule has 0 spiro atoms. The zero-order valence-electron chi connectivity index (χ0n) is 20.5. The van der Waals surface area contributed by atoms with Gasteiger partial charge in [0.15, 0.2) is 0 Å². The fraction of sp³-hybridized carbons (Fsp3) is 0.138. The van der Waals surface area contributed by atoms with E-state index in [1.165, 1.54) is 12.1 Å². The van der Waals surface area contributed by atoms with Crippen LogP contribution in [0, 0.1) is 0 Å². The van der Waals surface area contributed by atoms with Crippen molar-refractivity contribution in [2.45, 2.75) is 19.8 Å². The van der Waals surface area contributed by atoms with Crippen molar-refractivity contribution in [2.75, 3.05) is 6.54 Å². The quantitative estimate of drug-likeness (QED) is 0.166. The van der Waals surface area contributed by atoms with E-state index < -0.39 is 11.8 Å². The summed E-state index contributed by atoms with van der Waals surface area (Å²) in [6, 6.07) is 21.4. The molecule has 4 aromatic rings. The molecule has 0 fully saturated rings. The maximum Gasteiger partial charge on any atom is 0.267 e. The highest BCUT2D eigenvalue weighted by atomic mass is 35.5. The molecule has 0 radical (unpaired) electrons. The van der Waals surface area contributed by atoms with Crippen LogP contribution in [0.1, 0.15) is 35.7 Å². The summed E-state index contributed by atoms with van der Waals surface area (Å²) in [5.74, 6) is -0.960. The number of carbonyl (C=O) groups excluding carboxylic acids is 2. The molecule has 0 aliphatic heterocycles. The molecule has 38 heavy (non-hydrogen) atoms. The highest BCUT2D eigenvalue weighted by Crippen LogP contribution is 2.27. The Balaban J connectivity index is 1.78. The minimum Gasteiger partial charge on any atom is -0.351 e. The Morgan fingerprint density at radius 1 is 0.947 bits per heavy atom. The topological polar surface area (TPSA) is 76.0 Å². The highest BCUT2D eigenvalue weighted by Gasteiger charge is 2.19. The summed E-state index contributed by atoms with van der Waals surface area (Å²) in [6.07, 6.45) is 5.13. The number of benzene rings is 3. The molecule has 0 aliphatic rings. The van der Waals surface area contributed by atoms with Crippen molar-refractivity contribution < 1.29 is 9.59 Å². The molecule has 194 valence electrons. The summed E-state index contributed by atoms with van der Waals surface area (Å²) in [5.41, 5.74) is 3.13. The van der Waals surface area contributed by atoms with Gasteiger partial charge in [-0.15, -0.1) is 0 Å². The second-order valence-corrected chi connectivity index (χ2v) is 9.75. The molecule has 3 aromatic carbocycles. The number of halogens is 3. The minimum atomic E-state index is -0.535. The molecule has 1 heterocycles. The summed E-state index contributed by atoms with van der Waals surface area (Å²) in [6.45, 7) is 2.50. The second-order valence-electron chi connectivity index (χ2n) is 8.47. The van der Waals surface area contributed by atoms with Crippen LogP contribution in [0.25, 0.3) is 23.0 Å². The summed E-state index contributed by atoms with van der Waals surface area (Å²) in [7, 11) is 0. The Kier molecular flexibility index (Phi) is 9.24. The summed E-state index contributed by atoms with van der Waals surface area (Å²) >= 11 is 18.3. The van der Waals surface area contributed by atoms with Crippen molar-refractivity contribution in [3.8, 4) is 16.9 Å². The number of nitrogens with zero attached hydrogens (tertiary/aromatic N) is 2. The number of unbranched alkanes of at least 4 members (excludes halogenated alkanes) is 1. The van der Waals surface area contributed by atoms with E-state index >= 15 is 0 Å². The molecule has 6 nitrogen and oxygen atoms in total. The third kappa shape index (κ3) is 6.84. The molecule has 4 rings (SSSR count). The number of nitrogens with one attached hydrogen (secondary N) is 2. The SMILES string of the molecule is CCCCNC(=O)/C(=C/c1cn(-c2ccccc2)nc1-c1ccc(Cl)cc1)NC(=O)c1ccc(Cl)cc1Cl. The number of para-hydroxylation sites is 1. The Hall–Kier alpha value is -3.58. The first-order valence-electron chi connectivity index (χ1n) is 12.0. The van der Waals surface area contributed by atoms with E-state index in [2.05, 4.69) is 10.6 Å². The lowest BCUT2D eigenvalue weighted by molar-refractivity contribution is -0.117. The predicted molar refractivity (Wildman–Crippen MR) is 154 cm³/mol. The zero-order valence-corrected chi connectivity index (χ0v) is 22.8. The van der Waals surface area contributed by atoms with Crippen LogP contribution >= 0.6 is 34.8 Å². The van der Waals surface area contributed by atoms with Crippen LogP contribution in [-0.4, -0.2) is 28.1 Å². The van der Waals surface area contributed by atoms with Gasteiger partial charge in [0.1, 0.15) is 11.4 Å². The van der Waals surface area contributed by atoms with Gasteiger partial charge in [-0.1, -0.05) is 78.5 Å². The van der Waals surface area contributed by atoms with E-state index in [-0.39, 0.29) is 16.3 Å². The fourth-order valence-electron chi connectivity index (χ4n) is 3.69. The van der Waals surface area contributed by atoms with Crippen molar-refractivity contribution in [2.24, 2.45) is 0 Å². The van der Waals surface area contributed by atoms with E-state index in [1.54, 1.807) is 35.2 Å². The molecule has 0 saturated carbocycles. The van der Waals surface area contributed by atoms with Crippen molar-refractivity contribution >= 4 is 52.7 Å². The third-order valence-electron chi connectivity index (χ3n) is 5.67. The van der Waals surface area contributed by atoms with Crippen molar-refractivity contribution in [3.63, 3.8) is 0 Å². The van der Waals surface area contributed by atoms with Gasteiger partial charge >= 0.3 is 0 Å². The molecule has 9 heteroatoms. The van der Waals surface area contributed by atoms with E-state index in [1.807, 2.05) is 49.4 Å². The van der Waals surface area contributed by atoms with Crippen LogP contribution in [-0.2, 0) is 4.79 Å². The number of hydrogen-bond donors (Lipinski definition) is 2. The first-order valence-corrected chi connectivity index (χ1v) is 13.2. The number of rotatable bonds is 9. The second kappa shape index (κ2) is 12.8.